The van der Waals surface area contributed by atoms with E-state index in [4.69, 9.17) is 0 Å². The first kappa shape index (κ1) is 14.9. The van der Waals surface area contributed by atoms with Crippen LogP contribution in [0.2, 0.25) is 0 Å². The second-order valence-corrected chi connectivity index (χ2v) is 4.60. The Morgan fingerprint density at radius 2 is 2.00 bits per heavy atom. The average molecular weight is 269 g/mol. The fourth-order valence-electron chi connectivity index (χ4n) is 1.75. The largest absolute Gasteiger partial charge is 0.357 e. The number of rotatable bonds is 5. The summed E-state index contributed by atoms with van der Waals surface area (Å²) in [6.07, 6.45) is 0. The molecule has 0 fully saturated rings. The van der Waals surface area contributed by atoms with Crippen LogP contribution in [0.4, 0.5) is 11.5 Å². The number of anilines is 1. The Bertz CT molecular complexity index is 495. The Balaban J connectivity index is 3.20. The first-order valence-corrected chi connectivity index (χ1v) is 5.99. The van der Waals surface area contributed by atoms with Crippen LogP contribution in [-0.4, -0.2) is 33.7 Å². The van der Waals surface area contributed by atoms with Crippen molar-refractivity contribution in [2.24, 2.45) is 7.05 Å². The highest BCUT2D eigenvalue weighted by Crippen LogP contribution is 2.33. The SMILES string of the molecule is CNC(=O)C(C)Nc1c([N+](=O)[O-])c(C(C)C)nn1C. The van der Waals surface area contributed by atoms with Gasteiger partial charge in [-0.1, -0.05) is 13.8 Å². The summed E-state index contributed by atoms with van der Waals surface area (Å²) in [7, 11) is 3.12. The third-order valence-electron chi connectivity index (χ3n) is 2.77. The second kappa shape index (κ2) is 5.68. The van der Waals surface area contributed by atoms with Gasteiger partial charge in [0.1, 0.15) is 11.7 Å². The van der Waals surface area contributed by atoms with E-state index in [1.807, 2.05) is 13.8 Å². The van der Waals surface area contributed by atoms with E-state index >= 15 is 0 Å². The number of aromatic nitrogens is 2. The zero-order valence-corrected chi connectivity index (χ0v) is 11.7. The van der Waals surface area contributed by atoms with Crippen molar-refractivity contribution in [3.8, 4) is 0 Å². The van der Waals surface area contributed by atoms with Gasteiger partial charge in [0, 0.05) is 20.0 Å². The van der Waals surface area contributed by atoms with E-state index in [2.05, 4.69) is 15.7 Å². The molecule has 0 spiro atoms. The Morgan fingerprint density at radius 1 is 1.42 bits per heavy atom. The zero-order chi connectivity index (χ0) is 14.7. The molecule has 0 radical (unpaired) electrons. The lowest BCUT2D eigenvalue weighted by Crippen LogP contribution is -2.35. The van der Waals surface area contributed by atoms with E-state index in [0.29, 0.717) is 5.69 Å². The van der Waals surface area contributed by atoms with Crippen molar-refractivity contribution >= 4 is 17.4 Å². The molecule has 106 valence electrons. The maximum Gasteiger partial charge on any atom is 0.334 e. The number of nitrogens with one attached hydrogen (secondary N) is 2. The third kappa shape index (κ3) is 3.01. The molecule has 0 bridgehead atoms. The first-order valence-electron chi connectivity index (χ1n) is 5.99. The molecule has 1 aromatic heterocycles. The van der Waals surface area contributed by atoms with Gasteiger partial charge in [0.05, 0.1) is 4.92 Å². The highest BCUT2D eigenvalue weighted by molar-refractivity contribution is 5.84. The van der Waals surface area contributed by atoms with E-state index < -0.39 is 11.0 Å². The van der Waals surface area contributed by atoms with Gasteiger partial charge in [-0.15, -0.1) is 0 Å². The van der Waals surface area contributed by atoms with Crippen LogP contribution in [0.5, 0.6) is 0 Å². The molecule has 0 aliphatic heterocycles. The molecular weight excluding hydrogens is 250 g/mol. The van der Waals surface area contributed by atoms with Gasteiger partial charge in [-0.25, -0.2) is 4.68 Å². The zero-order valence-electron chi connectivity index (χ0n) is 11.7. The quantitative estimate of drug-likeness (QED) is 0.613. The minimum absolute atomic E-state index is 0.0718. The molecule has 0 saturated carbocycles. The normalized spacial score (nSPS) is 12.3. The molecule has 1 rings (SSSR count). The Morgan fingerprint density at radius 3 is 2.42 bits per heavy atom. The van der Waals surface area contributed by atoms with E-state index in [-0.39, 0.29) is 23.3 Å². The standard InChI is InChI=1S/C11H19N5O3/c1-6(2)8-9(16(18)19)10(15(5)14-8)13-7(3)11(17)12-4/h6-7,13H,1-5H3,(H,12,17). The topological polar surface area (TPSA) is 102 Å². The van der Waals surface area contributed by atoms with Crippen LogP contribution in [0.15, 0.2) is 0 Å². The molecule has 2 N–H and O–H groups in total. The van der Waals surface area contributed by atoms with E-state index in [1.165, 1.54) is 11.7 Å². The number of amides is 1. The van der Waals surface area contributed by atoms with Gasteiger partial charge in [-0.05, 0) is 6.92 Å². The molecule has 0 saturated heterocycles. The van der Waals surface area contributed by atoms with Crippen LogP contribution in [0.1, 0.15) is 32.4 Å². The van der Waals surface area contributed by atoms with Crippen molar-refractivity contribution in [3.63, 3.8) is 0 Å². The highest BCUT2D eigenvalue weighted by Gasteiger charge is 2.29. The maximum absolute atomic E-state index is 11.5. The Hall–Kier alpha value is -2.12. The monoisotopic (exact) mass is 269 g/mol. The molecule has 0 aromatic carbocycles. The molecule has 19 heavy (non-hydrogen) atoms. The van der Waals surface area contributed by atoms with Gasteiger partial charge < -0.3 is 10.6 Å². The predicted octanol–water partition coefficient (Wildman–Crippen LogP) is 0.998. The number of likely N-dealkylation sites (N-methyl/N-ethyl adjacent to an activating group) is 1. The third-order valence-corrected chi connectivity index (χ3v) is 2.77. The smallest absolute Gasteiger partial charge is 0.334 e. The molecule has 0 aliphatic carbocycles. The summed E-state index contributed by atoms with van der Waals surface area (Å²) >= 11 is 0. The number of carbonyl (C=O) groups is 1. The second-order valence-electron chi connectivity index (χ2n) is 4.60. The van der Waals surface area contributed by atoms with E-state index in [9.17, 15) is 14.9 Å². The molecule has 8 nitrogen and oxygen atoms in total. The van der Waals surface area contributed by atoms with Crippen molar-refractivity contribution in [3.05, 3.63) is 15.8 Å². The van der Waals surface area contributed by atoms with Gasteiger partial charge in [0.15, 0.2) is 0 Å². The van der Waals surface area contributed by atoms with Crippen LogP contribution < -0.4 is 10.6 Å². The molecular formula is C11H19N5O3. The lowest BCUT2D eigenvalue weighted by Gasteiger charge is -2.12. The minimum Gasteiger partial charge on any atom is -0.357 e. The summed E-state index contributed by atoms with van der Waals surface area (Å²) in [6.45, 7) is 5.30. The van der Waals surface area contributed by atoms with Gasteiger partial charge in [0.2, 0.25) is 11.7 Å². The summed E-state index contributed by atoms with van der Waals surface area (Å²) in [5.74, 6) is -0.0798. The molecule has 0 aliphatic rings. The van der Waals surface area contributed by atoms with Crippen molar-refractivity contribution in [1.82, 2.24) is 15.1 Å². The summed E-state index contributed by atoms with van der Waals surface area (Å²) in [5.41, 5.74) is 0.326. The van der Waals surface area contributed by atoms with Crippen molar-refractivity contribution in [2.45, 2.75) is 32.7 Å². The molecule has 1 heterocycles. The molecule has 1 aromatic rings. The fraction of sp³-hybridized carbons (Fsp3) is 0.636. The number of hydrogen-bond donors (Lipinski definition) is 2. The summed E-state index contributed by atoms with van der Waals surface area (Å²) in [4.78, 5) is 22.2. The molecule has 1 atom stereocenters. The van der Waals surface area contributed by atoms with Crippen LogP contribution >= 0.6 is 0 Å². The minimum atomic E-state index is -0.584. The van der Waals surface area contributed by atoms with Gasteiger partial charge in [-0.2, -0.15) is 5.10 Å². The lowest BCUT2D eigenvalue weighted by molar-refractivity contribution is -0.384. The van der Waals surface area contributed by atoms with Crippen LogP contribution in [0.25, 0.3) is 0 Å². The van der Waals surface area contributed by atoms with Gasteiger partial charge >= 0.3 is 5.69 Å². The molecule has 8 heteroatoms. The van der Waals surface area contributed by atoms with Crippen molar-refractivity contribution in [1.29, 1.82) is 0 Å². The summed E-state index contributed by atoms with van der Waals surface area (Å²) < 4.78 is 1.40. The number of nitrogens with zero attached hydrogens (tertiary/aromatic N) is 3. The number of carbonyl (C=O) groups excluding carboxylic acids is 1. The molecule has 1 unspecified atom stereocenters. The Labute approximate surface area is 111 Å². The number of aryl methyl sites for hydroxylation is 1. The molecule has 1 amide bonds. The maximum atomic E-state index is 11.5. The first-order chi connectivity index (χ1) is 8.79. The predicted molar refractivity (Wildman–Crippen MR) is 71.1 cm³/mol. The average Bonchev–Trinajstić information content (AvgIpc) is 2.66. The van der Waals surface area contributed by atoms with Crippen LogP contribution in [0.3, 0.4) is 0 Å². The van der Waals surface area contributed by atoms with Gasteiger partial charge in [0.25, 0.3) is 0 Å². The highest BCUT2D eigenvalue weighted by atomic mass is 16.6. The van der Waals surface area contributed by atoms with Crippen LogP contribution in [0, 0.1) is 10.1 Å². The fourth-order valence-corrected chi connectivity index (χ4v) is 1.75. The Kier molecular flexibility index (Phi) is 4.47. The summed E-state index contributed by atoms with van der Waals surface area (Å²) in [6, 6.07) is -0.584. The van der Waals surface area contributed by atoms with E-state index in [1.54, 1.807) is 14.0 Å². The lowest BCUT2D eigenvalue weighted by atomic mass is 10.1. The number of nitro groups is 1. The van der Waals surface area contributed by atoms with Crippen molar-refractivity contribution < 1.29 is 9.72 Å². The van der Waals surface area contributed by atoms with E-state index in [0.717, 1.165) is 0 Å². The van der Waals surface area contributed by atoms with Crippen LogP contribution in [-0.2, 0) is 11.8 Å². The number of hydrogen-bond acceptors (Lipinski definition) is 5. The van der Waals surface area contributed by atoms with Gasteiger partial charge in [-0.3, -0.25) is 14.9 Å². The summed E-state index contributed by atoms with van der Waals surface area (Å²) in [5, 5.41) is 20.7. The van der Waals surface area contributed by atoms with Crippen molar-refractivity contribution in [2.75, 3.05) is 12.4 Å².